The monoisotopic (exact) mass is 226 g/mol. The first-order chi connectivity index (χ1) is 6.55. The van der Waals surface area contributed by atoms with E-state index in [1.165, 1.54) is 6.42 Å². The van der Waals surface area contributed by atoms with Crippen LogP contribution < -0.4 is 0 Å². The van der Waals surface area contributed by atoms with Gasteiger partial charge in [-0.2, -0.15) is 0 Å². The van der Waals surface area contributed by atoms with Gasteiger partial charge >= 0.3 is 0 Å². The second kappa shape index (κ2) is 4.70. The summed E-state index contributed by atoms with van der Waals surface area (Å²) in [4.78, 5) is 0. The van der Waals surface area contributed by atoms with Crippen molar-refractivity contribution in [1.82, 2.24) is 0 Å². The highest BCUT2D eigenvalue weighted by Crippen LogP contribution is 2.54. The zero-order chi connectivity index (χ0) is 12.0. The van der Waals surface area contributed by atoms with Gasteiger partial charge in [-0.05, 0) is 40.9 Å². The SMILES string of the molecule is C.CC1C(C)C(C(C)(C)C)CC1C(C)(C)C. The first-order valence-electron chi connectivity index (χ1n) is 6.55. The molecule has 0 heteroatoms. The van der Waals surface area contributed by atoms with Crippen molar-refractivity contribution < 1.29 is 0 Å². The third-order valence-corrected chi connectivity index (χ3v) is 4.83. The Balaban J connectivity index is 0.00000225. The normalized spacial score (nSPS) is 36.0. The van der Waals surface area contributed by atoms with Crippen LogP contribution >= 0.6 is 0 Å². The van der Waals surface area contributed by atoms with E-state index in [1.807, 2.05) is 0 Å². The molecule has 4 unspecified atom stereocenters. The summed E-state index contributed by atoms with van der Waals surface area (Å²) in [5.74, 6) is 3.57. The molecule has 98 valence electrons. The molecule has 0 aromatic rings. The summed E-state index contributed by atoms with van der Waals surface area (Å²) in [6.45, 7) is 19.4. The topological polar surface area (TPSA) is 0 Å². The van der Waals surface area contributed by atoms with Gasteiger partial charge in [0.15, 0.2) is 0 Å². The minimum atomic E-state index is 0. The van der Waals surface area contributed by atoms with Gasteiger partial charge in [0.05, 0.1) is 0 Å². The zero-order valence-corrected chi connectivity index (χ0v) is 12.0. The van der Waals surface area contributed by atoms with Crippen molar-refractivity contribution in [2.24, 2.45) is 34.5 Å². The largest absolute Gasteiger partial charge is 0.0776 e. The Morgan fingerprint density at radius 1 is 0.688 bits per heavy atom. The molecule has 0 saturated heterocycles. The van der Waals surface area contributed by atoms with Gasteiger partial charge in [0.25, 0.3) is 0 Å². The fraction of sp³-hybridized carbons (Fsp3) is 1.00. The molecule has 0 aromatic heterocycles. The van der Waals surface area contributed by atoms with Gasteiger partial charge in [-0.25, -0.2) is 0 Å². The van der Waals surface area contributed by atoms with Gasteiger partial charge in [-0.3, -0.25) is 0 Å². The van der Waals surface area contributed by atoms with Crippen molar-refractivity contribution in [1.29, 1.82) is 0 Å². The average Bonchev–Trinajstić information content (AvgIpc) is 2.26. The molecule has 0 bridgehead atoms. The highest BCUT2D eigenvalue weighted by Gasteiger charge is 2.46. The molecule has 0 nitrogen and oxygen atoms in total. The van der Waals surface area contributed by atoms with Crippen LogP contribution in [0.2, 0.25) is 0 Å². The summed E-state index contributed by atoms with van der Waals surface area (Å²) in [6.07, 6.45) is 1.43. The summed E-state index contributed by atoms with van der Waals surface area (Å²) in [5.41, 5.74) is 0.960. The molecule has 1 aliphatic rings. The van der Waals surface area contributed by atoms with Crippen molar-refractivity contribution in [3.8, 4) is 0 Å². The molecule has 1 aliphatic carbocycles. The van der Waals surface area contributed by atoms with Crippen molar-refractivity contribution in [3.63, 3.8) is 0 Å². The van der Waals surface area contributed by atoms with Crippen molar-refractivity contribution in [2.45, 2.75) is 69.2 Å². The Kier molecular flexibility index (Phi) is 4.70. The van der Waals surface area contributed by atoms with Crippen LogP contribution in [0.5, 0.6) is 0 Å². The minimum Gasteiger partial charge on any atom is -0.0776 e. The molecule has 4 atom stereocenters. The summed E-state index contributed by atoms with van der Waals surface area (Å²) >= 11 is 0. The van der Waals surface area contributed by atoms with E-state index in [0.717, 1.165) is 23.7 Å². The minimum absolute atomic E-state index is 0. The third kappa shape index (κ3) is 3.02. The molecule has 0 spiro atoms. The quantitative estimate of drug-likeness (QED) is 0.502. The van der Waals surface area contributed by atoms with Crippen LogP contribution in [0.25, 0.3) is 0 Å². The van der Waals surface area contributed by atoms with Crippen LogP contribution in [0.1, 0.15) is 69.2 Å². The van der Waals surface area contributed by atoms with E-state index in [9.17, 15) is 0 Å². The molecule has 16 heavy (non-hydrogen) atoms. The van der Waals surface area contributed by atoms with Crippen LogP contribution in [0, 0.1) is 34.5 Å². The van der Waals surface area contributed by atoms with E-state index in [4.69, 9.17) is 0 Å². The molecule has 0 radical (unpaired) electrons. The molecule has 0 amide bonds. The Labute approximate surface area is 104 Å². The lowest BCUT2D eigenvalue weighted by molar-refractivity contribution is 0.181. The molecule has 1 fully saturated rings. The maximum absolute atomic E-state index is 2.46. The molecule has 0 heterocycles. The molecule has 1 saturated carbocycles. The third-order valence-electron chi connectivity index (χ3n) is 4.83. The standard InChI is InChI=1S/C15H30.CH4/c1-10-11(2)13(15(6,7)8)9-12(10)14(3,4)5;/h10-13H,9H2,1-8H3;1H4. The van der Waals surface area contributed by atoms with Gasteiger partial charge in [-0.1, -0.05) is 62.8 Å². The van der Waals surface area contributed by atoms with E-state index in [0.29, 0.717) is 10.8 Å². The molecule has 0 aromatic carbocycles. The van der Waals surface area contributed by atoms with E-state index >= 15 is 0 Å². The molecular formula is C16H34. The summed E-state index contributed by atoms with van der Waals surface area (Å²) < 4.78 is 0. The predicted octanol–water partition coefficient (Wildman–Crippen LogP) is 5.62. The molecule has 0 aliphatic heterocycles. The second-order valence-electron chi connectivity index (χ2n) is 7.90. The summed E-state index contributed by atoms with van der Waals surface area (Å²) in [7, 11) is 0. The van der Waals surface area contributed by atoms with Crippen molar-refractivity contribution in [3.05, 3.63) is 0 Å². The van der Waals surface area contributed by atoms with Crippen molar-refractivity contribution >= 4 is 0 Å². The Bertz CT molecular complexity index is 189. The fourth-order valence-electron chi connectivity index (χ4n) is 3.72. The summed E-state index contributed by atoms with van der Waals surface area (Å²) in [6, 6.07) is 0. The van der Waals surface area contributed by atoms with E-state index in [2.05, 4.69) is 55.4 Å². The zero-order valence-electron chi connectivity index (χ0n) is 12.0. The molecular weight excluding hydrogens is 192 g/mol. The van der Waals surface area contributed by atoms with Gasteiger partial charge in [0.2, 0.25) is 0 Å². The predicted molar refractivity (Wildman–Crippen MR) is 75.6 cm³/mol. The summed E-state index contributed by atoms with van der Waals surface area (Å²) in [5, 5.41) is 0. The second-order valence-corrected chi connectivity index (χ2v) is 7.90. The van der Waals surface area contributed by atoms with Gasteiger partial charge in [0.1, 0.15) is 0 Å². The maximum Gasteiger partial charge on any atom is -0.0334 e. The Morgan fingerprint density at radius 3 is 1.06 bits per heavy atom. The van der Waals surface area contributed by atoms with Crippen LogP contribution in [-0.2, 0) is 0 Å². The van der Waals surface area contributed by atoms with Gasteiger partial charge in [0, 0.05) is 0 Å². The highest BCUT2D eigenvalue weighted by atomic mass is 14.5. The molecule has 1 rings (SSSR count). The number of rotatable bonds is 0. The first kappa shape index (κ1) is 16.0. The van der Waals surface area contributed by atoms with Crippen LogP contribution in [0.3, 0.4) is 0 Å². The van der Waals surface area contributed by atoms with E-state index < -0.39 is 0 Å². The lowest BCUT2D eigenvalue weighted by atomic mass is 9.74. The lowest BCUT2D eigenvalue weighted by Gasteiger charge is -2.32. The lowest BCUT2D eigenvalue weighted by Crippen LogP contribution is -2.24. The van der Waals surface area contributed by atoms with E-state index in [-0.39, 0.29) is 7.43 Å². The smallest absolute Gasteiger partial charge is 0.0334 e. The average molecular weight is 226 g/mol. The Morgan fingerprint density at radius 2 is 0.938 bits per heavy atom. The Hall–Kier alpha value is 0. The van der Waals surface area contributed by atoms with Crippen LogP contribution in [0.15, 0.2) is 0 Å². The first-order valence-corrected chi connectivity index (χ1v) is 6.55. The van der Waals surface area contributed by atoms with Gasteiger partial charge < -0.3 is 0 Å². The number of hydrogen-bond donors (Lipinski definition) is 0. The fourth-order valence-corrected chi connectivity index (χ4v) is 3.72. The van der Waals surface area contributed by atoms with Crippen molar-refractivity contribution in [2.75, 3.05) is 0 Å². The molecule has 0 N–H and O–H groups in total. The van der Waals surface area contributed by atoms with Crippen LogP contribution in [0.4, 0.5) is 0 Å². The maximum atomic E-state index is 2.46. The van der Waals surface area contributed by atoms with Gasteiger partial charge in [-0.15, -0.1) is 0 Å². The van der Waals surface area contributed by atoms with E-state index in [1.54, 1.807) is 0 Å². The number of hydrogen-bond acceptors (Lipinski definition) is 0. The highest BCUT2D eigenvalue weighted by molar-refractivity contribution is 4.95. The van der Waals surface area contributed by atoms with Crippen LogP contribution in [-0.4, -0.2) is 0 Å².